The summed E-state index contributed by atoms with van der Waals surface area (Å²) >= 11 is 0.996. The number of nitrogens with zero attached hydrogens (tertiary/aromatic N) is 3. The SMILES string of the molecule is CCN1C(=O)/C(=C/c2ccccc2[N+](=O)[O-])SC1=Nc1ccc(O)cc1C(=O)O. The Hall–Kier alpha value is -3.66. The number of rotatable bonds is 5. The van der Waals surface area contributed by atoms with E-state index < -0.39 is 10.9 Å². The minimum absolute atomic E-state index is 0.0796. The molecule has 1 fully saturated rings. The Kier molecular flexibility index (Phi) is 5.64. The number of hydrogen-bond donors (Lipinski definition) is 2. The molecule has 1 aliphatic heterocycles. The monoisotopic (exact) mass is 413 g/mol. The number of thioether (sulfide) groups is 1. The lowest BCUT2D eigenvalue weighted by Crippen LogP contribution is -2.28. The molecule has 2 aromatic rings. The highest BCUT2D eigenvalue weighted by Crippen LogP contribution is 2.36. The van der Waals surface area contributed by atoms with Crippen LogP contribution in [0.2, 0.25) is 0 Å². The predicted octanol–water partition coefficient (Wildman–Crippen LogP) is 3.62. The number of para-hydroxylation sites is 1. The number of nitro benzene ring substituents is 1. The number of amides is 1. The van der Waals surface area contributed by atoms with E-state index in [1.807, 2.05) is 0 Å². The lowest BCUT2D eigenvalue weighted by molar-refractivity contribution is -0.385. The maximum Gasteiger partial charge on any atom is 0.338 e. The lowest BCUT2D eigenvalue weighted by atomic mass is 10.1. The molecule has 148 valence electrons. The van der Waals surface area contributed by atoms with Gasteiger partial charge in [0.1, 0.15) is 5.75 Å². The Morgan fingerprint density at radius 1 is 1.31 bits per heavy atom. The number of carbonyl (C=O) groups excluding carboxylic acids is 1. The number of hydrogen-bond acceptors (Lipinski definition) is 7. The average Bonchev–Trinajstić information content (AvgIpc) is 2.97. The Bertz CT molecular complexity index is 1080. The molecule has 0 aromatic heterocycles. The van der Waals surface area contributed by atoms with Crippen molar-refractivity contribution in [3.63, 3.8) is 0 Å². The second-order valence-electron chi connectivity index (χ2n) is 5.88. The molecule has 1 heterocycles. The average molecular weight is 413 g/mol. The first kappa shape index (κ1) is 20.1. The van der Waals surface area contributed by atoms with Gasteiger partial charge in [0.15, 0.2) is 5.17 Å². The van der Waals surface area contributed by atoms with Crippen LogP contribution in [-0.2, 0) is 4.79 Å². The van der Waals surface area contributed by atoms with Crippen molar-refractivity contribution in [2.75, 3.05) is 6.54 Å². The minimum atomic E-state index is -1.27. The van der Waals surface area contributed by atoms with E-state index in [-0.39, 0.29) is 50.8 Å². The van der Waals surface area contributed by atoms with E-state index in [4.69, 9.17) is 0 Å². The van der Waals surface area contributed by atoms with Crippen molar-refractivity contribution in [2.24, 2.45) is 4.99 Å². The van der Waals surface area contributed by atoms with Gasteiger partial charge in [0, 0.05) is 12.6 Å². The molecule has 9 nitrogen and oxygen atoms in total. The summed E-state index contributed by atoms with van der Waals surface area (Å²) in [4.78, 5) is 40.7. The number of carbonyl (C=O) groups is 2. The highest BCUT2D eigenvalue weighted by Gasteiger charge is 2.33. The van der Waals surface area contributed by atoms with Gasteiger partial charge in [-0.15, -0.1) is 0 Å². The summed E-state index contributed by atoms with van der Waals surface area (Å²) in [6.07, 6.45) is 1.42. The van der Waals surface area contributed by atoms with Crippen molar-refractivity contribution in [2.45, 2.75) is 6.92 Å². The molecule has 0 saturated carbocycles. The number of phenolic OH excluding ortho intramolecular Hbond substituents is 1. The molecule has 2 N–H and O–H groups in total. The molecule has 3 rings (SSSR count). The highest BCUT2D eigenvalue weighted by molar-refractivity contribution is 8.18. The Labute approximate surface area is 169 Å². The molecule has 0 bridgehead atoms. The number of benzene rings is 2. The molecule has 29 heavy (non-hydrogen) atoms. The molecule has 0 spiro atoms. The van der Waals surface area contributed by atoms with E-state index in [2.05, 4.69) is 4.99 Å². The number of likely N-dealkylation sites (N-methyl/N-ethyl adjacent to an activating group) is 1. The molecule has 0 aliphatic carbocycles. The van der Waals surface area contributed by atoms with Gasteiger partial charge in [0.05, 0.1) is 26.6 Å². The van der Waals surface area contributed by atoms with Crippen molar-refractivity contribution in [3.05, 3.63) is 68.6 Å². The van der Waals surface area contributed by atoms with Gasteiger partial charge in [0.25, 0.3) is 11.6 Å². The highest BCUT2D eigenvalue weighted by atomic mass is 32.2. The number of nitro groups is 1. The Morgan fingerprint density at radius 3 is 2.69 bits per heavy atom. The number of aromatic carboxylic acids is 1. The van der Waals surface area contributed by atoms with Crippen LogP contribution in [0.3, 0.4) is 0 Å². The molecule has 0 unspecified atom stereocenters. The van der Waals surface area contributed by atoms with Crippen LogP contribution < -0.4 is 0 Å². The number of phenols is 1. The van der Waals surface area contributed by atoms with Gasteiger partial charge < -0.3 is 10.2 Å². The summed E-state index contributed by atoms with van der Waals surface area (Å²) in [6.45, 7) is 2.01. The third-order valence-corrected chi connectivity index (χ3v) is 5.06. The van der Waals surface area contributed by atoms with Crippen LogP contribution in [0.25, 0.3) is 6.08 Å². The number of carboxylic acid groups (broad SMARTS) is 1. The van der Waals surface area contributed by atoms with Crippen LogP contribution in [0.4, 0.5) is 11.4 Å². The molecule has 10 heteroatoms. The molecular weight excluding hydrogens is 398 g/mol. The van der Waals surface area contributed by atoms with Gasteiger partial charge in [-0.2, -0.15) is 0 Å². The first-order chi connectivity index (χ1) is 13.8. The molecule has 1 aliphatic rings. The summed E-state index contributed by atoms with van der Waals surface area (Å²) < 4.78 is 0. The van der Waals surface area contributed by atoms with Crippen LogP contribution >= 0.6 is 11.8 Å². The zero-order valence-corrected chi connectivity index (χ0v) is 15.9. The summed E-state index contributed by atoms with van der Waals surface area (Å²) in [5.41, 5.74) is 0.0174. The standard InChI is InChI=1S/C19H15N3O6S/c1-2-21-17(24)16(9-11-5-3-4-6-15(11)22(27)28)29-19(21)20-14-8-7-12(23)10-13(14)18(25)26/h3-10,23H,2H2,1H3,(H,25,26)/b16-9-,20-19?. The fourth-order valence-electron chi connectivity index (χ4n) is 2.68. The van der Waals surface area contributed by atoms with Crippen LogP contribution in [0, 0.1) is 10.1 Å². The maximum absolute atomic E-state index is 12.7. The van der Waals surface area contributed by atoms with Gasteiger partial charge in [-0.05, 0) is 49.0 Å². The van der Waals surface area contributed by atoms with Crippen LogP contribution in [0.1, 0.15) is 22.8 Å². The normalized spacial score (nSPS) is 16.6. The van der Waals surface area contributed by atoms with Crippen LogP contribution in [0.15, 0.2) is 52.4 Å². The fraction of sp³-hybridized carbons (Fsp3) is 0.105. The Balaban J connectivity index is 2.04. The number of amidine groups is 1. The van der Waals surface area contributed by atoms with Gasteiger partial charge in [-0.3, -0.25) is 19.8 Å². The van der Waals surface area contributed by atoms with E-state index in [0.717, 1.165) is 17.8 Å². The predicted molar refractivity (Wildman–Crippen MR) is 108 cm³/mol. The van der Waals surface area contributed by atoms with Crippen molar-refractivity contribution in [1.82, 2.24) is 4.90 Å². The summed E-state index contributed by atoms with van der Waals surface area (Å²) in [5, 5.41) is 30.3. The van der Waals surface area contributed by atoms with Crippen LogP contribution in [-0.4, -0.2) is 43.6 Å². The van der Waals surface area contributed by atoms with Gasteiger partial charge in [-0.1, -0.05) is 12.1 Å². The molecule has 0 atom stereocenters. The quantitative estimate of drug-likeness (QED) is 0.434. The zero-order chi connectivity index (χ0) is 21.1. The van der Waals surface area contributed by atoms with Crippen LogP contribution in [0.5, 0.6) is 5.75 Å². The van der Waals surface area contributed by atoms with E-state index in [1.165, 1.54) is 41.3 Å². The molecule has 1 saturated heterocycles. The first-order valence-corrected chi connectivity index (χ1v) is 9.23. The van der Waals surface area contributed by atoms with Crippen molar-refractivity contribution < 1.29 is 24.7 Å². The van der Waals surface area contributed by atoms with E-state index in [9.17, 15) is 29.9 Å². The zero-order valence-electron chi connectivity index (χ0n) is 15.1. The number of aromatic hydroxyl groups is 1. The Morgan fingerprint density at radius 2 is 2.03 bits per heavy atom. The van der Waals surface area contributed by atoms with Crippen molar-refractivity contribution in [1.29, 1.82) is 0 Å². The third kappa shape index (κ3) is 4.11. The maximum atomic E-state index is 12.7. The number of aliphatic imine (C=N–C) groups is 1. The minimum Gasteiger partial charge on any atom is -0.508 e. The topological polar surface area (TPSA) is 133 Å². The smallest absolute Gasteiger partial charge is 0.338 e. The fourth-order valence-corrected chi connectivity index (χ4v) is 3.73. The second kappa shape index (κ2) is 8.15. The van der Waals surface area contributed by atoms with Gasteiger partial charge in [-0.25, -0.2) is 9.79 Å². The van der Waals surface area contributed by atoms with E-state index in [0.29, 0.717) is 0 Å². The van der Waals surface area contributed by atoms with Crippen molar-refractivity contribution in [3.8, 4) is 5.75 Å². The van der Waals surface area contributed by atoms with Gasteiger partial charge in [0.2, 0.25) is 0 Å². The van der Waals surface area contributed by atoms with Crippen molar-refractivity contribution >= 4 is 46.3 Å². The summed E-state index contributed by atoms with van der Waals surface area (Å²) in [5.74, 6) is -1.87. The molecule has 2 aromatic carbocycles. The molecule has 0 radical (unpaired) electrons. The summed E-state index contributed by atoms with van der Waals surface area (Å²) in [7, 11) is 0. The summed E-state index contributed by atoms with van der Waals surface area (Å²) in [6, 6.07) is 9.76. The lowest BCUT2D eigenvalue weighted by Gasteiger charge is -2.12. The number of carboxylic acids is 1. The largest absolute Gasteiger partial charge is 0.508 e. The van der Waals surface area contributed by atoms with Gasteiger partial charge >= 0.3 is 5.97 Å². The molecule has 1 amide bonds. The second-order valence-corrected chi connectivity index (χ2v) is 6.89. The third-order valence-electron chi connectivity index (χ3n) is 4.05. The van der Waals surface area contributed by atoms with E-state index >= 15 is 0 Å². The first-order valence-electron chi connectivity index (χ1n) is 8.41. The molecular formula is C19H15N3O6S. The van der Waals surface area contributed by atoms with E-state index in [1.54, 1.807) is 13.0 Å².